The van der Waals surface area contributed by atoms with Gasteiger partial charge in [-0.2, -0.15) is 0 Å². The summed E-state index contributed by atoms with van der Waals surface area (Å²) in [5.74, 6) is 0.306. The third-order valence-corrected chi connectivity index (χ3v) is 4.63. The van der Waals surface area contributed by atoms with Crippen molar-refractivity contribution >= 4 is 23.0 Å². The molecule has 0 aliphatic heterocycles. The molecule has 4 nitrogen and oxygen atoms in total. The number of rotatable bonds is 5. The Balaban J connectivity index is 1.88. The normalized spacial score (nSPS) is 10.7. The van der Waals surface area contributed by atoms with Crippen LogP contribution in [0.5, 0.6) is 0 Å². The number of aromatic nitrogens is 1. The van der Waals surface area contributed by atoms with Gasteiger partial charge in [0, 0.05) is 24.6 Å². The largest absolute Gasteiger partial charge is 0.354 e. The van der Waals surface area contributed by atoms with Gasteiger partial charge >= 0.3 is 0 Å². The Morgan fingerprint density at radius 1 is 1.04 bits per heavy atom. The summed E-state index contributed by atoms with van der Waals surface area (Å²) in [5, 5.41) is 3.46. The number of anilines is 3. The summed E-state index contributed by atoms with van der Waals surface area (Å²) < 4.78 is 0. The highest BCUT2D eigenvalue weighted by Crippen LogP contribution is 2.30. The third-order valence-electron chi connectivity index (χ3n) is 4.63. The van der Waals surface area contributed by atoms with E-state index in [1.54, 1.807) is 24.3 Å². The van der Waals surface area contributed by atoms with Crippen molar-refractivity contribution in [3.63, 3.8) is 0 Å². The van der Waals surface area contributed by atoms with Crippen LogP contribution in [-0.4, -0.2) is 17.9 Å². The lowest BCUT2D eigenvalue weighted by Crippen LogP contribution is -2.26. The van der Waals surface area contributed by atoms with Crippen molar-refractivity contribution in [3.8, 4) is 0 Å². The SMILES string of the molecule is Cc1cccc(C(C)C)c1Nc1cncc(C(=O)N(C)c2ccccc2)c1. The van der Waals surface area contributed by atoms with Gasteiger partial charge in [-0.05, 0) is 42.2 Å². The molecule has 4 heteroatoms. The molecule has 0 radical (unpaired) electrons. The molecule has 0 saturated carbocycles. The number of aryl methyl sites for hydroxylation is 1. The second kappa shape index (κ2) is 8.04. The van der Waals surface area contributed by atoms with E-state index >= 15 is 0 Å². The van der Waals surface area contributed by atoms with Gasteiger partial charge in [-0.15, -0.1) is 0 Å². The van der Waals surface area contributed by atoms with E-state index in [1.165, 1.54) is 11.1 Å². The fraction of sp³-hybridized carbons (Fsp3) is 0.217. The predicted octanol–water partition coefficient (Wildman–Crippen LogP) is 5.53. The Kier molecular flexibility index (Phi) is 5.55. The van der Waals surface area contributed by atoms with Crippen LogP contribution < -0.4 is 10.2 Å². The van der Waals surface area contributed by atoms with Crippen LogP contribution in [0, 0.1) is 6.92 Å². The number of benzene rings is 2. The summed E-state index contributed by atoms with van der Waals surface area (Å²) in [4.78, 5) is 18.8. The summed E-state index contributed by atoms with van der Waals surface area (Å²) in [6.45, 7) is 6.43. The van der Waals surface area contributed by atoms with Gasteiger partial charge < -0.3 is 10.2 Å². The highest BCUT2D eigenvalue weighted by Gasteiger charge is 2.15. The van der Waals surface area contributed by atoms with Crippen LogP contribution >= 0.6 is 0 Å². The van der Waals surface area contributed by atoms with Crippen LogP contribution in [0.2, 0.25) is 0 Å². The van der Waals surface area contributed by atoms with Crippen molar-refractivity contribution in [2.75, 3.05) is 17.3 Å². The van der Waals surface area contributed by atoms with Crippen LogP contribution in [0.1, 0.15) is 41.3 Å². The lowest BCUT2D eigenvalue weighted by atomic mass is 9.98. The molecule has 0 bridgehead atoms. The van der Waals surface area contributed by atoms with Crippen molar-refractivity contribution in [2.24, 2.45) is 0 Å². The minimum Gasteiger partial charge on any atom is -0.354 e. The molecular formula is C23H25N3O. The molecular weight excluding hydrogens is 334 g/mol. The molecule has 0 spiro atoms. The number of hydrogen-bond acceptors (Lipinski definition) is 3. The first-order valence-electron chi connectivity index (χ1n) is 9.12. The molecule has 138 valence electrons. The molecule has 0 saturated heterocycles. The number of para-hydroxylation sites is 2. The zero-order valence-corrected chi connectivity index (χ0v) is 16.2. The van der Waals surface area contributed by atoms with E-state index in [1.807, 2.05) is 36.4 Å². The second-order valence-electron chi connectivity index (χ2n) is 6.98. The van der Waals surface area contributed by atoms with Crippen molar-refractivity contribution in [1.29, 1.82) is 0 Å². The van der Waals surface area contributed by atoms with Crippen molar-refractivity contribution in [2.45, 2.75) is 26.7 Å². The molecule has 1 heterocycles. The summed E-state index contributed by atoms with van der Waals surface area (Å²) in [5.41, 5.74) is 5.69. The Bertz CT molecular complexity index is 935. The van der Waals surface area contributed by atoms with Crippen LogP contribution in [0.4, 0.5) is 17.1 Å². The van der Waals surface area contributed by atoms with Gasteiger partial charge in [-0.25, -0.2) is 0 Å². The number of carbonyl (C=O) groups excluding carboxylic acids is 1. The van der Waals surface area contributed by atoms with Gasteiger partial charge in [0.25, 0.3) is 5.91 Å². The lowest BCUT2D eigenvalue weighted by molar-refractivity contribution is 0.0992. The standard InChI is InChI=1S/C23H25N3O/c1-16(2)21-12-8-9-17(3)22(21)25-19-13-18(14-24-15-19)23(27)26(4)20-10-6-5-7-11-20/h5-16,25H,1-4H3. The predicted molar refractivity (Wildman–Crippen MR) is 112 cm³/mol. The van der Waals surface area contributed by atoms with Crippen LogP contribution in [0.3, 0.4) is 0 Å². The van der Waals surface area contributed by atoms with Gasteiger partial charge in [0.05, 0.1) is 17.4 Å². The zero-order chi connectivity index (χ0) is 19.4. The maximum absolute atomic E-state index is 12.9. The molecule has 3 aromatic rings. The van der Waals surface area contributed by atoms with Crippen molar-refractivity contribution < 1.29 is 4.79 Å². The number of carbonyl (C=O) groups is 1. The lowest BCUT2D eigenvalue weighted by Gasteiger charge is -2.19. The fourth-order valence-corrected chi connectivity index (χ4v) is 3.07. The van der Waals surface area contributed by atoms with E-state index in [-0.39, 0.29) is 5.91 Å². The first-order valence-corrected chi connectivity index (χ1v) is 9.12. The highest BCUT2D eigenvalue weighted by atomic mass is 16.2. The van der Waals surface area contributed by atoms with E-state index in [0.29, 0.717) is 11.5 Å². The highest BCUT2D eigenvalue weighted by molar-refractivity contribution is 6.06. The Hall–Kier alpha value is -3.14. The number of pyridine rings is 1. The van der Waals surface area contributed by atoms with Gasteiger partial charge in [0.15, 0.2) is 0 Å². The summed E-state index contributed by atoms with van der Waals surface area (Å²) >= 11 is 0. The Labute approximate surface area is 160 Å². The van der Waals surface area contributed by atoms with Crippen LogP contribution in [0.15, 0.2) is 67.0 Å². The maximum Gasteiger partial charge on any atom is 0.259 e. The number of nitrogens with one attached hydrogen (secondary N) is 1. The number of amides is 1. The number of hydrogen-bond donors (Lipinski definition) is 1. The van der Waals surface area contributed by atoms with E-state index in [2.05, 4.69) is 49.3 Å². The van der Waals surface area contributed by atoms with Crippen LogP contribution in [-0.2, 0) is 0 Å². The molecule has 1 N–H and O–H groups in total. The van der Waals surface area contributed by atoms with E-state index in [4.69, 9.17) is 0 Å². The van der Waals surface area contributed by atoms with Crippen LogP contribution in [0.25, 0.3) is 0 Å². The fourth-order valence-electron chi connectivity index (χ4n) is 3.07. The average Bonchev–Trinajstić information content (AvgIpc) is 2.69. The minimum absolute atomic E-state index is 0.0915. The summed E-state index contributed by atoms with van der Waals surface area (Å²) in [6, 6.07) is 17.7. The zero-order valence-electron chi connectivity index (χ0n) is 16.2. The third kappa shape index (κ3) is 4.17. The smallest absolute Gasteiger partial charge is 0.259 e. The monoisotopic (exact) mass is 359 g/mol. The molecule has 1 aromatic heterocycles. The van der Waals surface area contributed by atoms with Crippen molar-refractivity contribution in [3.05, 3.63) is 83.7 Å². The molecule has 0 fully saturated rings. The first-order chi connectivity index (χ1) is 13.0. The second-order valence-corrected chi connectivity index (χ2v) is 6.98. The van der Waals surface area contributed by atoms with Gasteiger partial charge in [-0.1, -0.05) is 50.2 Å². The van der Waals surface area contributed by atoms with Crippen molar-refractivity contribution in [1.82, 2.24) is 4.98 Å². The van der Waals surface area contributed by atoms with Gasteiger partial charge in [-0.3, -0.25) is 9.78 Å². The molecule has 0 aliphatic carbocycles. The van der Waals surface area contributed by atoms with E-state index in [9.17, 15) is 4.79 Å². The summed E-state index contributed by atoms with van der Waals surface area (Å²) in [7, 11) is 1.77. The molecule has 2 aromatic carbocycles. The topological polar surface area (TPSA) is 45.2 Å². The first kappa shape index (κ1) is 18.6. The van der Waals surface area contributed by atoms with Gasteiger partial charge in [0.1, 0.15) is 0 Å². The Morgan fingerprint density at radius 2 is 1.78 bits per heavy atom. The Morgan fingerprint density at radius 3 is 2.48 bits per heavy atom. The molecule has 27 heavy (non-hydrogen) atoms. The quantitative estimate of drug-likeness (QED) is 0.651. The minimum atomic E-state index is -0.0915. The average molecular weight is 359 g/mol. The summed E-state index contributed by atoms with van der Waals surface area (Å²) in [6.07, 6.45) is 3.35. The molecule has 3 rings (SSSR count). The van der Waals surface area contributed by atoms with E-state index < -0.39 is 0 Å². The van der Waals surface area contributed by atoms with E-state index in [0.717, 1.165) is 17.1 Å². The number of nitrogens with zero attached hydrogens (tertiary/aromatic N) is 2. The molecule has 0 atom stereocenters. The molecule has 0 unspecified atom stereocenters. The maximum atomic E-state index is 12.9. The molecule has 0 aliphatic rings. The molecule has 1 amide bonds. The van der Waals surface area contributed by atoms with Gasteiger partial charge in [0.2, 0.25) is 0 Å².